The molecule has 2 amide bonds. The van der Waals surface area contributed by atoms with E-state index in [2.05, 4.69) is 36.6 Å². The number of alkyl halides is 2. The van der Waals surface area contributed by atoms with E-state index in [1.54, 1.807) is 0 Å². The monoisotopic (exact) mass is 537 g/mol. The quantitative estimate of drug-likeness (QED) is 0.578. The van der Waals surface area contributed by atoms with Crippen molar-refractivity contribution in [3.8, 4) is 5.82 Å². The highest BCUT2D eigenvalue weighted by molar-refractivity contribution is 9.10. The summed E-state index contributed by atoms with van der Waals surface area (Å²) >= 11 is 27.9. The molecule has 152 valence electrons. The number of likely N-dealkylation sites (N-methyl/N-ethyl adjacent to an activating group) is 1. The van der Waals surface area contributed by atoms with E-state index < -0.39 is 21.6 Å². The predicted octanol–water partition coefficient (Wildman–Crippen LogP) is 3.81. The average molecular weight is 540 g/mol. The standard InChI is InChI=1S/C17H12BrCl4N5O2/c1-23-15(28)10-4-8(19)6-17(18,22)13(10)26-16(29)12-2-3-25-27(12)14-11(21)5-9(20)7-24-14/h2-7,13H,1H3,(H,23,28)(H,26,29). The number of hydrogen-bond donors (Lipinski definition) is 2. The van der Waals surface area contributed by atoms with Crippen LogP contribution in [0.5, 0.6) is 0 Å². The minimum Gasteiger partial charge on any atom is -0.355 e. The zero-order valence-electron chi connectivity index (χ0n) is 14.6. The first-order chi connectivity index (χ1) is 13.6. The van der Waals surface area contributed by atoms with Crippen molar-refractivity contribution in [2.45, 2.75) is 9.83 Å². The van der Waals surface area contributed by atoms with Crippen LogP contribution in [0.25, 0.3) is 5.82 Å². The highest BCUT2D eigenvalue weighted by Gasteiger charge is 2.42. The first-order valence-electron chi connectivity index (χ1n) is 8.00. The highest BCUT2D eigenvalue weighted by Crippen LogP contribution is 2.39. The molecular formula is C17H12BrCl4N5O2. The summed E-state index contributed by atoms with van der Waals surface area (Å²) in [5.41, 5.74) is 0.299. The van der Waals surface area contributed by atoms with Crippen LogP contribution in [-0.2, 0) is 4.79 Å². The molecule has 0 aromatic carbocycles. The highest BCUT2D eigenvalue weighted by atomic mass is 79.9. The Kier molecular flexibility index (Phi) is 6.60. The third-order valence-corrected chi connectivity index (χ3v) is 5.67. The number of nitrogens with zero attached hydrogens (tertiary/aromatic N) is 3. The lowest BCUT2D eigenvalue weighted by Crippen LogP contribution is -2.51. The van der Waals surface area contributed by atoms with Gasteiger partial charge in [0.2, 0.25) is 5.91 Å². The lowest BCUT2D eigenvalue weighted by Gasteiger charge is -2.33. The normalized spacial score (nSPS) is 21.2. The van der Waals surface area contributed by atoms with Crippen molar-refractivity contribution in [1.29, 1.82) is 0 Å². The Balaban J connectivity index is 1.96. The number of carbonyl (C=O) groups excluding carboxylic acids is 2. The van der Waals surface area contributed by atoms with Crippen LogP contribution < -0.4 is 10.6 Å². The van der Waals surface area contributed by atoms with Crippen molar-refractivity contribution in [1.82, 2.24) is 25.4 Å². The molecule has 2 N–H and O–H groups in total. The van der Waals surface area contributed by atoms with Crippen molar-refractivity contribution in [3.05, 3.63) is 63.0 Å². The Bertz CT molecular complexity index is 1050. The number of carbonyl (C=O) groups is 2. The van der Waals surface area contributed by atoms with Gasteiger partial charge >= 0.3 is 0 Å². The third-order valence-electron chi connectivity index (χ3n) is 3.95. The number of hydrogen-bond acceptors (Lipinski definition) is 4. The summed E-state index contributed by atoms with van der Waals surface area (Å²) < 4.78 is -0.0651. The number of allylic oxidation sites excluding steroid dienone is 2. The second-order valence-electron chi connectivity index (χ2n) is 5.88. The Labute approximate surface area is 194 Å². The molecular weight excluding hydrogens is 528 g/mol. The smallest absolute Gasteiger partial charge is 0.270 e. The van der Waals surface area contributed by atoms with Gasteiger partial charge in [0.05, 0.1) is 22.3 Å². The van der Waals surface area contributed by atoms with E-state index in [1.807, 2.05) is 0 Å². The van der Waals surface area contributed by atoms with Gasteiger partial charge < -0.3 is 10.6 Å². The van der Waals surface area contributed by atoms with Crippen LogP contribution in [-0.4, -0.2) is 43.5 Å². The van der Waals surface area contributed by atoms with Gasteiger partial charge in [-0.2, -0.15) is 5.10 Å². The van der Waals surface area contributed by atoms with Crippen LogP contribution in [0, 0.1) is 0 Å². The SMILES string of the molecule is CNC(=O)C1=CC(Cl)=CC(Cl)(Br)C1NC(=O)c1ccnn1-c1ncc(Cl)cc1Cl. The first-order valence-corrected chi connectivity index (χ1v) is 10.3. The van der Waals surface area contributed by atoms with E-state index in [0.29, 0.717) is 5.02 Å². The van der Waals surface area contributed by atoms with Gasteiger partial charge in [-0.25, -0.2) is 9.67 Å². The molecule has 0 saturated heterocycles. The minimum absolute atomic E-state index is 0.124. The molecule has 29 heavy (non-hydrogen) atoms. The number of amides is 2. The topological polar surface area (TPSA) is 88.9 Å². The summed E-state index contributed by atoms with van der Waals surface area (Å²) in [6, 6.07) is 2.02. The third kappa shape index (κ3) is 4.62. The van der Waals surface area contributed by atoms with Gasteiger partial charge in [-0.05, 0) is 24.3 Å². The Morgan fingerprint density at radius 3 is 2.66 bits per heavy atom. The summed E-state index contributed by atoms with van der Waals surface area (Å²) in [5, 5.41) is 10.1. The molecule has 7 nitrogen and oxygen atoms in total. The lowest BCUT2D eigenvalue weighted by atomic mass is 9.97. The summed E-state index contributed by atoms with van der Waals surface area (Å²) in [6.07, 6.45) is 5.70. The number of pyridine rings is 1. The Hall–Kier alpha value is -1.58. The molecule has 2 aromatic heterocycles. The van der Waals surface area contributed by atoms with Crippen LogP contribution in [0.15, 0.2) is 47.3 Å². The Morgan fingerprint density at radius 2 is 2.00 bits per heavy atom. The number of aromatic nitrogens is 3. The minimum atomic E-state index is -1.32. The van der Waals surface area contributed by atoms with Crippen molar-refractivity contribution < 1.29 is 9.59 Å². The molecule has 0 aliphatic heterocycles. The van der Waals surface area contributed by atoms with Crippen LogP contribution in [0.1, 0.15) is 10.5 Å². The van der Waals surface area contributed by atoms with E-state index in [1.165, 1.54) is 48.4 Å². The van der Waals surface area contributed by atoms with Crippen LogP contribution in [0.4, 0.5) is 0 Å². The maximum Gasteiger partial charge on any atom is 0.270 e. The fraction of sp³-hybridized carbons (Fsp3) is 0.176. The molecule has 12 heteroatoms. The molecule has 0 saturated carbocycles. The number of halogens is 5. The van der Waals surface area contributed by atoms with E-state index >= 15 is 0 Å². The van der Waals surface area contributed by atoms with Crippen molar-refractivity contribution >= 4 is 74.1 Å². The summed E-state index contributed by atoms with van der Waals surface area (Å²) in [7, 11) is 1.46. The largest absolute Gasteiger partial charge is 0.355 e. The molecule has 0 fully saturated rings. The molecule has 2 unspecified atom stereocenters. The fourth-order valence-corrected chi connectivity index (χ4v) is 4.51. The summed E-state index contributed by atoms with van der Waals surface area (Å²) in [4.78, 5) is 29.4. The van der Waals surface area contributed by atoms with Crippen molar-refractivity contribution in [2.24, 2.45) is 0 Å². The van der Waals surface area contributed by atoms with Gasteiger partial charge in [-0.15, -0.1) is 0 Å². The molecule has 0 radical (unpaired) electrons. The first kappa shape index (κ1) is 22.1. The lowest BCUT2D eigenvalue weighted by molar-refractivity contribution is -0.117. The molecule has 1 aliphatic rings. The fourth-order valence-electron chi connectivity index (χ4n) is 2.68. The van der Waals surface area contributed by atoms with Gasteiger partial charge in [0, 0.05) is 23.8 Å². The van der Waals surface area contributed by atoms with Crippen LogP contribution in [0.2, 0.25) is 10.0 Å². The number of rotatable bonds is 4. The van der Waals surface area contributed by atoms with Crippen molar-refractivity contribution in [3.63, 3.8) is 0 Å². The number of nitrogens with one attached hydrogen (secondary N) is 2. The van der Waals surface area contributed by atoms with Crippen LogP contribution >= 0.6 is 62.3 Å². The van der Waals surface area contributed by atoms with Gasteiger partial charge in [0.15, 0.2) is 5.82 Å². The van der Waals surface area contributed by atoms with Gasteiger partial charge in [0.1, 0.15) is 9.48 Å². The molecule has 2 heterocycles. The van der Waals surface area contributed by atoms with Gasteiger partial charge in [0.25, 0.3) is 5.91 Å². The molecule has 0 bridgehead atoms. The molecule has 3 rings (SSSR count). The maximum absolute atomic E-state index is 13.0. The molecule has 1 aliphatic carbocycles. The maximum atomic E-state index is 13.0. The van der Waals surface area contributed by atoms with Crippen LogP contribution in [0.3, 0.4) is 0 Å². The second kappa shape index (κ2) is 8.65. The molecule has 2 atom stereocenters. The molecule has 0 spiro atoms. The average Bonchev–Trinajstić information content (AvgIpc) is 3.12. The summed E-state index contributed by atoms with van der Waals surface area (Å²) in [6.45, 7) is 0. The Morgan fingerprint density at radius 1 is 1.28 bits per heavy atom. The summed E-state index contributed by atoms with van der Waals surface area (Å²) in [5.74, 6) is -0.788. The predicted molar refractivity (Wildman–Crippen MR) is 116 cm³/mol. The zero-order valence-corrected chi connectivity index (χ0v) is 19.2. The van der Waals surface area contributed by atoms with E-state index in [4.69, 9.17) is 46.4 Å². The van der Waals surface area contributed by atoms with Gasteiger partial charge in [-0.3, -0.25) is 9.59 Å². The van der Waals surface area contributed by atoms with E-state index in [0.717, 1.165) is 0 Å². The zero-order chi connectivity index (χ0) is 21.3. The molecule has 2 aromatic rings. The van der Waals surface area contributed by atoms with E-state index in [9.17, 15) is 9.59 Å². The van der Waals surface area contributed by atoms with E-state index in [-0.39, 0.29) is 27.1 Å². The van der Waals surface area contributed by atoms with Crippen molar-refractivity contribution in [2.75, 3.05) is 7.05 Å². The van der Waals surface area contributed by atoms with Gasteiger partial charge in [-0.1, -0.05) is 62.3 Å². The second-order valence-corrected chi connectivity index (χ2v) is 9.55.